The van der Waals surface area contributed by atoms with Gasteiger partial charge in [-0.1, -0.05) is 6.07 Å². The second-order valence-electron chi connectivity index (χ2n) is 5.58. The lowest BCUT2D eigenvalue weighted by Crippen LogP contribution is -2.09. The van der Waals surface area contributed by atoms with Crippen molar-refractivity contribution in [1.82, 2.24) is 4.98 Å². The topological polar surface area (TPSA) is 37.0 Å². The van der Waals surface area contributed by atoms with Crippen LogP contribution in [0.1, 0.15) is 5.56 Å². The van der Waals surface area contributed by atoms with Crippen LogP contribution in [0, 0.1) is 17.5 Å². The fraction of sp³-hybridized carbons (Fsp3) is 0.111. The molecule has 3 rings (SSSR count). The number of hydrogen-bond donors (Lipinski definition) is 2. The van der Waals surface area contributed by atoms with Crippen LogP contribution >= 0.6 is 11.9 Å². The van der Waals surface area contributed by atoms with Crippen molar-refractivity contribution < 1.29 is 31.1 Å². The van der Waals surface area contributed by atoms with E-state index in [4.69, 9.17) is 4.74 Å². The molecule has 0 atom stereocenters. The van der Waals surface area contributed by atoms with Crippen molar-refractivity contribution in [3.63, 3.8) is 0 Å². The fourth-order valence-electron chi connectivity index (χ4n) is 2.47. The maximum atomic E-state index is 14.1. The molecule has 2 aromatic carbocycles. The zero-order valence-corrected chi connectivity index (χ0v) is 14.9. The molecule has 0 radical (unpaired) electrons. The molecule has 1 aromatic heterocycles. The average molecular weight is 418 g/mol. The van der Waals surface area contributed by atoms with Gasteiger partial charge in [-0.05, 0) is 36.2 Å². The number of H-pyrrole nitrogens is 1. The molecule has 3 aromatic rings. The Morgan fingerprint density at radius 1 is 1.00 bits per heavy atom. The summed E-state index contributed by atoms with van der Waals surface area (Å²) in [5.74, 6) is -3.08. The summed E-state index contributed by atoms with van der Waals surface area (Å²) in [6, 6.07) is 6.36. The van der Waals surface area contributed by atoms with Crippen molar-refractivity contribution in [2.75, 3.05) is 11.8 Å². The number of benzene rings is 2. The monoisotopic (exact) mass is 418 g/mol. The molecule has 28 heavy (non-hydrogen) atoms. The first kappa shape index (κ1) is 20.0. The van der Waals surface area contributed by atoms with E-state index in [1.54, 1.807) is 6.07 Å². The molecule has 0 bridgehead atoms. The van der Waals surface area contributed by atoms with E-state index in [2.05, 4.69) is 9.71 Å². The van der Waals surface area contributed by atoms with Gasteiger partial charge < -0.3 is 14.4 Å². The van der Waals surface area contributed by atoms with E-state index < -0.39 is 34.9 Å². The molecule has 0 saturated carbocycles. The van der Waals surface area contributed by atoms with Crippen molar-refractivity contribution in [3.05, 3.63) is 65.6 Å². The highest BCUT2D eigenvalue weighted by atomic mass is 32.2. The first-order valence-corrected chi connectivity index (χ1v) is 8.52. The zero-order valence-electron chi connectivity index (χ0n) is 14.1. The molecule has 0 unspecified atom stereocenters. The lowest BCUT2D eigenvalue weighted by molar-refractivity contribution is -0.140. The predicted molar refractivity (Wildman–Crippen MR) is 93.6 cm³/mol. The molecule has 0 fully saturated rings. The Morgan fingerprint density at radius 2 is 1.75 bits per heavy atom. The number of alkyl halides is 3. The van der Waals surface area contributed by atoms with Crippen LogP contribution in [0.2, 0.25) is 0 Å². The summed E-state index contributed by atoms with van der Waals surface area (Å²) in [7, 11) is 1.39. The predicted octanol–water partition coefficient (Wildman–Crippen LogP) is 6.25. The Morgan fingerprint density at radius 3 is 2.43 bits per heavy atom. The number of halogens is 6. The molecule has 0 aliphatic carbocycles. The van der Waals surface area contributed by atoms with Crippen molar-refractivity contribution in [2.24, 2.45) is 0 Å². The van der Waals surface area contributed by atoms with E-state index in [-0.39, 0.29) is 11.6 Å². The van der Waals surface area contributed by atoms with Crippen LogP contribution in [0.5, 0.6) is 5.75 Å². The summed E-state index contributed by atoms with van der Waals surface area (Å²) in [6.45, 7) is 0. The van der Waals surface area contributed by atoms with Crippen molar-refractivity contribution in [1.29, 1.82) is 0 Å². The maximum absolute atomic E-state index is 14.1. The number of aromatic amines is 1. The van der Waals surface area contributed by atoms with Gasteiger partial charge in [0.1, 0.15) is 23.2 Å². The number of hydrogen-bond acceptors (Lipinski definition) is 3. The number of aromatic nitrogens is 1. The zero-order chi connectivity index (χ0) is 20.5. The Balaban J connectivity index is 1.80. The normalized spacial score (nSPS) is 11.5. The van der Waals surface area contributed by atoms with Crippen LogP contribution in [-0.4, -0.2) is 12.1 Å². The largest absolute Gasteiger partial charge is 0.496 e. The first-order valence-electron chi connectivity index (χ1n) is 7.71. The number of rotatable bonds is 5. The summed E-state index contributed by atoms with van der Waals surface area (Å²) in [6.07, 6.45) is -3.53. The van der Waals surface area contributed by atoms with Crippen LogP contribution in [0.25, 0.3) is 11.3 Å². The van der Waals surface area contributed by atoms with E-state index in [9.17, 15) is 26.3 Å². The van der Waals surface area contributed by atoms with Gasteiger partial charge in [-0.3, -0.25) is 0 Å². The summed E-state index contributed by atoms with van der Waals surface area (Å²) in [5.41, 5.74) is -1.58. The van der Waals surface area contributed by atoms with Gasteiger partial charge >= 0.3 is 6.18 Å². The lowest BCUT2D eigenvalue weighted by atomic mass is 10.1. The second-order valence-corrected chi connectivity index (χ2v) is 6.46. The highest BCUT2D eigenvalue weighted by molar-refractivity contribution is 8.00. The molecule has 2 N–H and O–H groups in total. The Bertz CT molecular complexity index is 1000. The first-order chi connectivity index (χ1) is 13.2. The quantitative estimate of drug-likeness (QED) is 0.380. The molecule has 0 spiro atoms. The number of ether oxygens (including phenoxy) is 1. The van der Waals surface area contributed by atoms with Crippen molar-refractivity contribution >= 4 is 17.6 Å². The third-order valence-corrected chi connectivity index (χ3v) is 4.56. The van der Waals surface area contributed by atoms with E-state index in [0.29, 0.717) is 22.4 Å². The van der Waals surface area contributed by atoms with Gasteiger partial charge in [-0.15, -0.1) is 0 Å². The van der Waals surface area contributed by atoms with Gasteiger partial charge in [0.2, 0.25) is 0 Å². The highest BCUT2D eigenvalue weighted by Gasteiger charge is 2.35. The SMILES string of the molecule is COc1cccc(F)c1-c1cc(SNc2cc(F)c(C(F)(F)F)cc2F)c[nH]1. The molecule has 148 valence electrons. The molecule has 3 nitrogen and oxygen atoms in total. The summed E-state index contributed by atoms with van der Waals surface area (Å²) >= 11 is 0.812. The van der Waals surface area contributed by atoms with Gasteiger partial charge in [0.15, 0.2) is 0 Å². The van der Waals surface area contributed by atoms with Crippen LogP contribution in [0.4, 0.5) is 32.0 Å². The Labute approximate surface area is 159 Å². The Kier molecular flexibility index (Phi) is 5.50. The van der Waals surface area contributed by atoms with Gasteiger partial charge in [-0.25, -0.2) is 13.2 Å². The minimum Gasteiger partial charge on any atom is -0.496 e. The van der Waals surface area contributed by atoms with Gasteiger partial charge in [0, 0.05) is 17.2 Å². The van der Waals surface area contributed by atoms with Crippen molar-refractivity contribution in [3.8, 4) is 17.0 Å². The van der Waals surface area contributed by atoms with Crippen LogP contribution in [0.15, 0.2) is 47.5 Å². The molecule has 0 aliphatic heterocycles. The highest BCUT2D eigenvalue weighted by Crippen LogP contribution is 2.36. The number of methoxy groups -OCH3 is 1. The van der Waals surface area contributed by atoms with Crippen LogP contribution in [-0.2, 0) is 6.18 Å². The average Bonchev–Trinajstić information content (AvgIpc) is 3.09. The summed E-state index contributed by atoms with van der Waals surface area (Å²) in [4.78, 5) is 3.29. The summed E-state index contributed by atoms with van der Waals surface area (Å²) < 4.78 is 86.9. The minimum atomic E-state index is -5.00. The second kappa shape index (κ2) is 7.70. The van der Waals surface area contributed by atoms with E-state index in [1.165, 1.54) is 31.5 Å². The number of anilines is 1. The number of nitrogens with one attached hydrogen (secondary N) is 2. The standard InChI is InChI=1S/C18H12F6N2OS/c1-27-16-4-2-3-11(19)17(16)15-5-9(8-25-15)28-26-14-7-12(20)10(6-13(14)21)18(22,23)24/h2-8,25-26H,1H3. The van der Waals surface area contributed by atoms with E-state index in [1.807, 2.05) is 0 Å². The van der Waals surface area contributed by atoms with E-state index >= 15 is 0 Å². The van der Waals surface area contributed by atoms with E-state index in [0.717, 1.165) is 11.9 Å². The Hall–Kier alpha value is -2.75. The smallest absolute Gasteiger partial charge is 0.419 e. The van der Waals surface area contributed by atoms with Crippen molar-refractivity contribution in [2.45, 2.75) is 11.1 Å². The maximum Gasteiger partial charge on any atom is 0.419 e. The van der Waals surface area contributed by atoms with Gasteiger partial charge in [0.05, 0.1) is 29.6 Å². The van der Waals surface area contributed by atoms with Crippen LogP contribution < -0.4 is 9.46 Å². The lowest BCUT2D eigenvalue weighted by Gasteiger charge is -2.11. The molecular weight excluding hydrogens is 406 g/mol. The fourth-order valence-corrected chi connectivity index (χ4v) is 3.15. The molecule has 1 heterocycles. The van der Waals surface area contributed by atoms with Gasteiger partial charge in [-0.2, -0.15) is 13.2 Å². The van der Waals surface area contributed by atoms with Crippen LogP contribution in [0.3, 0.4) is 0 Å². The molecule has 10 heteroatoms. The summed E-state index contributed by atoms with van der Waals surface area (Å²) in [5, 5.41) is 0. The molecule has 0 saturated heterocycles. The minimum absolute atomic E-state index is 0.0883. The molecular formula is C18H12F6N2OS. The third kappa shape index (κ3) is 4.06. The molecule has 0 aliphatic rings. The third-order valence-electron chi connectivity index (χ3n) is 3.76. The van der Waals surface area contributed by atoms with Gasteiger partial charge in [0.25, 0.3) is 0 Å². The molecule has 0 amide bonds.